The van der Waals surface area contributed by atoms with Crippen LogP contribution in [0.5, 0.6) is 0 Å². The van der Waals surface area contributed by atoms with Gasteiger partial charge in [-0.2, -0.15) is 0 Å². The summed E-state index contributed by atoms with van der Waals surface area (Å²) in [5.74, 6) is 0. The van der Waals surface area contributed by atoms with Crippen LogP contribution in [-0.4, -0.2) is 30.6 Å². The Balaban J connectivity index is 2.05. The summed E-state index contributed by atoms with van der Waals surface area (Å²) >= 11 is 11.9. The molecule has 1 aromatic rings. The average Bonchev–Trinajstić information content (AvgIpc) is 2.27. The molecule has 1 aliphatic rings. The van der Waals surface area contributed by atoms with E-state index in [9.17, 15) is 0 Å². The Hall–Kier alpha value is -0.280. The molecule has 4 heteroatoms. The van der Waals surface area contributed by atoms with Gasteiger partial charge in [0.25, 0.3) is 0 Å². The van der Waals surface area contributed by atoms with E-state index in [0.29, 0.717) is 16.1 Å². The van der Waals surface area contributed by atoms with Crippen molar-refractivity contribution in [3.63, 3.8) is 0 Å². The second-order valence-corrected chi connectivity index (χ2v) is 5.09. The summed E-state index contributed by atoms with van der Waals surface area (Å²) in [7, 11) is 0. The van der Waals surface area contributed by atoms with E-state index in [1.807, 2.05) is 18.2 Å². The van der Waals surface area contributed by atoms with Crippen molar-refractivity contribution >= 4 is 23.2 Å². The van der Waals surface area contributed by atoms with Crippen molar-refractivity contribution in [1.82, 2.24) is 10.2 Å². The van der Waals surface area contributed by atoms with Gasteiger partial charge in [0.15, 0.2) is 0 Å². The van der Waals surface area contributed by atoms with Crippen LogP contribution < -0.4 is 5.32 Å². The van der Waals surface area contributed by atoms with Crippen LogP contribution in [0.15, 0.2) is 18.2 Å². The highest BCUT2D eigenvalue weighted by molar-refractivity contribution is 6.42. The van der Waals surface area contributed by atoms with Gasteiger partial charge < -0.3 is 5.32 Å². The van der Waals surface area contributed by atoms with E-state index in [0.717, 1.165) is 26.2 Å². The molecule has 1 unspecified atom stereocenters. The standard InChI is InChI=1S/C12H16Cl2N2/c1-9-7-15-4-5-16(9)8-10-2-3-11(13)12(14)6-10/h2-3,6,9,15H,4-5,7-8H2,1H3. The fraction of sp³-hybridized carbons (Fsp3) is 0.500. The molecule has 1 aromatic carbocycles. The summed E-state index contributed by atoms with van der Waals surface area (Å²) in [6, 6.07) is 6.44. The molecule has 1 atom stereocenters. The molecule has 16 heavy (non-hydrogen) atoms. The maximum Gasteiger partial charge on any atom is 0.0595 e. The Labute approximate surface area is 107 Å². The molecule has 2 rings (SSSR count). The van der Waals surface area contributed by atoms with Crippen molar-refractivity contribution in [2.75, 3.05) is 19.6 Å². The van der Waals surface area contributed by atoms with E-state index >= 15 is 0 Å². The highest BCUT2D eigenvalue weighted by Crippen LogP contribution is 2.23. The Morgan fingerprint density at radius 1 is 1.38 bits per heavy atom. The molecule has 0 amide bonds. The van der Waals surface area contributed by atoms with E-state index in [-0.39, 0.29) is 0 Å². The Morgan fingerprint density at radius 3 is 2.88 bits per heavy atom. The number of benzene rings is 1. The smallest absolute Gasteiger partial charge is 0.0595 e. The van der Waals surface area contributed by atoms with Gasteiger partial charge >= 0.3 is 0 Å². The summed E-state index contributed by atoms with van der Waals surface area (Å²) in [5.41, 5.74) is 1.23. The lowest BCUT2D eigenvalue weighted by molar-refractivity contribution is 0.165. The SMILES string of the molecule is CC1CNCCN1Cc1ccc(Cl)c(Cl)c1. The van der Waals surface area contributed by atoms with Crippen molar-refractivity contribution in [3.05, 3.63) is 33.8 Å². The van der Waals surface area contributed by atoms with Gasteiger partial charge in [0, 0.05) is 32.2 Å². The quantitative estimate of drug-likeness (QED) is 0.878. The fourth-order valence-corrected chi connectivity index (χ4v) is 2.31. The minimum absolute atomic E-state index is 0.572. The first-order valence-electron chi connectivity index (χ1n) is 5.55. The predicted molar refractivity (Wildman–Crippen MR) is 69.2 cm³/mol. The second kappa shape index (κ2) is 5.37. The Kier molecular flexibility index (Phi) is 4.09. The zero-order valence-corrected chi connectivity index (χ0v) is 10.9. The molecule has 1 fully saturated rings. The zero-order valence-electron chi connectivity index (χ0n) is 9.34. The van der Waals surface area contributed by atoms with Crippen molar-refractivity contribution in [3.8, 4) is 0 Å². The molecule has 1 heterocycles. The van der Waals surface area contributed by atoms with Gasteiger partial charge in [-0.15, -0.1) is 0 Å². The summed E-state index contributed by atoms with van der Waals surface area (Å²) < 4.78 is 0. The summed E-state index contributed by atoms with van der Waals surface area (Å²) in [4.78, 5) is 2.45. The molecule has 1 N–H and O–H groups in total. The van der Waals surface area contributed by atoms with Crippen LogP contribution in [0.4, 0.5) is 0 Å². The normalized spacial score (nSPS) is 22.3. The van der Waals surface area contributed by atoms with E-state index in [1.165, 1.54) is 5.56 Å². The molecule has 2 nitrogen and oxygen atoms in total. The lowest BCUT2D eigenvalue weighted by Crippen LogP contribution is -2.49. The molecule has 0 aromatic heterocycles. The van der Waals surface area contributed by atoms with Gasteiger partial charge in [-0.05, 0) is 24.6 Å². The molecule has 0 aliphatic carbocycles. The van der Waals surface area contributed by atoms with Crippen molar-refractivity contribution in [2.45, 2.75) is 19.5 Å². The minimum atomic E-state index is 0.572. The summed E-state index contributed by atoms with van der Waals surface area (Å²) in [5, 5.41) is 4.65. The number of hydrogen-bond acceptors (Lipinski definition) is 2. The van der Waals surface area contributed by atoms with Gasteiger partial charge in [-0.25, -0.2) is 0 Å². The molecule has 0 saturated carbocycles. The monoisotopic (exact) mass is 258 g/mol. The molecule has 1 saturated heterocycles. The average molecular weight is 259 g/mol. The lowest BCUT2D eigenvalue weighted by atomic mass is 10.1. The number of hydrogen-bond donors (Lipinski definition) is 1. The van der Waals surface area contributed by atoms with E-state index in [1.54, 1.807) is 0 Å². The maximum atomic E-state index is 6.01. The van der Waals surface area contributed by atoms with Crippen molar-refractivity contribution in [2.24, 2.45) is 0 Å². The highest BCUT2D eigenvalue weighted by atomic mass is 35.5. The molecule has 0 spiro atoms. The van der Waals surface area contributed by atoms with E-state index in [2.05, 4.69) is 17.1 Å². The maximum absolute atomic E-state index is 6.01. The number of nitrogens with zero attached hydrogens (tertiary/aromatic N) is 1. The van der Waals surface area contributed by atoms with Crippen LogP contribution in [0.3, 0.4) is 0 Å². The zero-order chi connectivity index (χ0) is 11.5. The van der Waals surface area contributed by atoms with Gasteiger partial charge in [0.2, 0.25) is 0 Å². The van der Waals surface area contributed by atoms with Gasteiger partial charge in [0.1, 0.15) is 0 Å². The van der Waals surface area contributed by atoms with Crippen molar-refractivity contribution < 1.29 is 0 Å². The lowest BCUT2D eigenvalue weighted by Gasteiger charge is -2.33. The van der Waals surface area contributed by atoms with Gasteiger partial charge in [-0.3, -0.25) is 4.90 Å². The second-order valence-electron chi connectivity index (χ2n) is 4.27. The Bertz CT molecular complexity index is 368. The predicted octanol–water partition coefficient (Wildman–Crippen LogP) is 2.79. The van der Waals surface area contributed by atoms with Crippen molar-refractivity contribution in [1.29, 1.82) is 0 Å². The van der Waals surface area contributed by atoms with Crippen LogP contribution in [0, 0.1) is 0 Å². The molecule has 88 valence electrons. The van der Waals surface area contributed by atoms with Gasteiger partial charge in [0.05, 0.1) is 10.0 Å². The third-order valence-corrected chi connectivity index (χ3v) is 3.75. The van der Waals surface area contributed by atoms with E-state index < -0.39 is 0 Å². The fourth-order valence-electron chi connectivity index (χ4n) is 1.99. The molecular weight excluding hydrogens is 243 g/mol. The van der Waals surface area contributed by atoms with Crippen LogP contribution in [0.2, 0.25) is 10.0 Å². The third-order valence-electron chi connectivity index (χ3n) is 3.01. The summed E-state index contributed by atoms with van der Waals surface area (Å²) in [6.07, 6.45) is 0. The molecule has 0 bridgehead atoms. The molecule has 1 aliphatic heterocycles. The first kappa shape index (κ1) is 12.2. The van der Waals surface area contributed by atoms with Gasteiger partial charge in [-0.1, -0.05) is 29.3 Å². The minimum Gasteiger partial charge on any atom is -0.314 e. The Morgan fingerprint density at radius 2 is 2.19 bits per heavy atom. The number of halogens is 2. The van der Waals surface area contributed by atoms with Crippen LogP contribution >= 0.6 is 23.2 Å². The number of piperazine rings is 1. The number of nitrogens with one attached hydrogen (secondary N) is 1. The summed E-state index contributed by atoms with van der Waals surface area (Å²) in [6.45, 7) is 6.39. The van der Waals surface area contributed by atoms with Crippen LogP contribution in [0.25, 0.3) is 0 Å². The number of rotatable bonds is 2. The highest BCUT2D eigenvalue weighted by Gasteiger charge is 2.17. The third kappa shape index (κ3) is 2.89. The largest absolute Gasteiger partial charge is 0.314 e. The topological polar surface area (TPSA) is 15.3 Å². The first-order valence-corrected chi connectivity index (χ1v) is 6.31. The first-order chi connectivity index (χ1) is 7.66. The molecular formula is C12H16Cl2N2. The molecule has 0 radical (unpaired) electrons. The van der Waals surface area contributed by atoms with Crippen LogP contribution in [0.1, 0.15) is 12.5 Å². The van der Waals surface area contributed by atoms with Crippen LogP contribution in [-0.2, 0) is 6.54 Å². The van der Waals surface area contributed by atoms with E-state index in [4.69, 9.17) is 23.2 Å².